The van der Waals surface area contributed by atoms with Crippen LogP contribution in [0.3, 0.4) is 0 Å². The topological polar surface area (TPSA) is 40.2 Å². The lowest BCUT2D eigenvalue weighted by atomic mass is 10.2. The van der Waals surface area contributed by atoms with Crippen LogP contribution in [0.25, 0.3) is 0 Å². The molecular formula is C10H16N2O. The summed E-state index contributed by atoms with van der Waals surface area (Å²) < 4.78 is 7.77. The van der Waals surface area contributed by atoms with Crippen molar-refractivity contribution in [2.45, 2.75) is 32.0 Å². The standard InChI is InChI=1S/C10H16N2O/c11-7-9-4-5-12(8-9)10-3-1-2-6-13-10/h4-5,8,10H,1-3,6-7,11H2. The van der Waals surface area contributed by atoms with Crippen molar-refractivity contribution in [3.63, 3.8) is 0 Å². The highest BCUT2D eigenvalue weighted by Crippen LogP contribution is 2.22. The fourth-order valence-electron chi connectivity index (χ4n) is 1.72. The summed E-state index contributed by atoms with van der Waals surface area (Å²) in [7, 11) is 0. The highest BCUT2D eigenvalue weighted by molar-refractivity contribution is 5.09. The summed E-state index contributed by atoms with van der Waals surface area (Å²) in [6, 6.07) is 2.05. The highest BCUT2D eigenvalue weighted by atomic mass is 16.5. The van der Waals surface area contributed by atoms with Gasteiger partial charge in [0.1, 0.15) is 6.23 Å². The first-order chi connectivity index (χ1) is 6.40. The van der Waals surface area contributed by atoms with Crippen molar-refractivity contribution >= 4 is 0 Å². The first-order valence-corrected chi connectivity index (χ1v) is 4.88. The maximum atomic E-state index is 5.64. The molecule has 2 heterocycles. The molecule has 0 saturated carbocycles. The minimum atomic E-state index is 0.244. The van der Waals surface area contributed by atoms with E-state index in [1.54, 1.807) is 0 Å². The third kappa shape index (κ3) is 1.92. The van der Waals surface area contributed by atoms with Gasteiger partial charge in [0.25, 0.3) is 0 Å². The van der Waals surface area contributed by atoms with Gasteiger partial charge in [-0.25, -0.2) is 0 Å². The monoisotopic (exact) mass is 180 g/mol. The maximum Gasteiger partial charge on any atom is 0.133 e. The molecule has 1 aliphatic rings. The van der Waals surface area contributed by atoms with Crippen LogP contribution in [-0.4, -0.2) is 11.2 Å². The van der Waals surface area contributed by atoms with E-state index in [9.17, 15) is 0 Å². The van der Waals surface area contributed by atoms with Gasteiger partial charge in [-0.2, -0.15) is 0 Å². The van der Waals surface area contributed by atoms with E-state index in [0.29, 0.717) is 6.54 Å². The van der Waals surface area contributed by atoms with E-state index in [1.807, 2.05) is 0 Å². The van der Waals surface area contributed by atoms with E-state index in [-0.39, 0.29) is 6.23 Å². The molecule has 2 N–H and O–H groups in total. The van der Waals surface area contributed by atoms with Crippen LogP contribution in [0.15, 0.2) is 18.5 Å². The minimum absolute atomic E-state index is 0.244. The highest BCUT2D eigenvalue weighted by Gasteiger charge is 2.14. The molecular weight excluding hydrogens is 164 g/mol. The van der Waals surface area contributed by atoms with Crippen LogP contribution in [0.1, 0.15) is 31.1 Å². The Labute approximate surface area is 78.5 Å². The Morgan fingerprint density at radius 1 is 1.54 bits per heavy atom. The molecule has 3 nitrogen and oxygen atoms in total. The van der Waals surface area contributed by atoms with Gasteiger partial charge in [0.05, 0.1) is 0 Å². The second-order valence-corrected chi connectivity index (χ2v) is 3.49. The lowest BCUT2D eigenvalue weighted by Gasteiger charge is -2.23. The van der Waals surface area contributed by atoms with Crippen LogP contribution in [0.2, 0.25) is 0 Å². The van der Waals surface area contributed by atoms with Gasteiger partial charge >= 0.3 is 0 Å². The molecule has 72 valence electrons. The van der Waals surface area contributed by atoms with Crippen molar-refractivity contribution in [2.75, 3.05) is 6.61 Å². The third-order valence-corrected chi connectivity index (χ3v) is 2.50. The molecule has 1 unspecified atom stereocenters. The number of hydrogen-bond acceptors (Lipinski definition) is 2. The average Bonchev–Trinajstić information content (AvgIpc) is 2.67. The molecule has 0 spiro atoms. The van der Waals surface area contributed by atoms with Crippen molar-refractivity contribution in [1.29, 1.82) is 0 Å². The first kappa shape index (κ1) is 8.78. The van der Waals surface area contributed by atoms with Gasteiger partial charge in [-0.05, 0) is 30.9 Å². The summed E-state index contributed by atoms with van der Waals surface area (Å²) in [5.41, 5.74) is 6.71. The van der Waals surface area contributed by atoms with E-state index in [0.717, 1.165) is 13.0 Å². The molecule has 0 amide bonds. The van der Waals surface area contributed by atoms with Gasteiger partial charge in [0, 0.05) is 25.5 Å². The number of hydrogen-bond donors (Lipinski definition) is 1. The quantitative estimate of drug-likeness (QED) is 0.751. The van der Waals surface area contributed by atoms with Gasteiger partial charge in [0.2, 0.25) is 0 Å². The molecule has 0 aromatic carbocycles. The second-order valence-electron chi connectivity index (χ2n) is 3.49. The smallest absolute Gasteiger partial charge is 0.133 e. The van der Waals surface area contributed by atoms with Gasteiger partial charge < -0.3 is 15.0 Å². The van der Waals surface area contributed by atoms with E-state index in [2.05, 4.69) is 23.0 Å². The normalized spacial score (nSPS) is 23.3. The van der Waals surface area contributed by atoms with Crippen LogP contribution >= 0.6 is 0 Å². The van der Waals surface area contributed by atoms with Crippen molar-refractivity contribution < 1.29 is 4.74 Å². The Bertz CT molecular complexity index is 264. The van der Waals surface area contributed by atoms with Crippen LogP contribution in [-0.2, 0) is 11.3 Å². The fraction of sp³-hybridized carbons (Fsp3) is 0.600. The molecule has 1 atom stereocenters. The molecule has 0 bridgehead atoms. The predicted octanol–water partition coefficient (Wildman–Crippen LogP) is 1.65. The van der Waals surface area contributed by atoms with Gasteiger partial charge in [0.15, 0.2) is 0 Å². The van der Waals surface area contributed by atoms with Crippen molar-refractivity contribution in [1.82, 2.24) is 4.57 Å². The molecule has 3 heteroatoms. The number of nitrogens with zero attached hydrogens (tertiary/aromatic N) is 1. The first-order valence-electron chi connectivity index (χ1n) is 4.88. The van der Waals surface area contributed by atoms with Crippen molar-refractivity contribution in [3.8, 4) is 0 Å². The van der Waals surface area contributed by atoms with Crippen LogP contribution in [0.5, 0.6) is 0 Å². The van der Waals surface area contributed by atoms with Crippen LogP contribution in [0.4, 0.5) is 0 Å². The molecule has 1 aromatic rings. The molecule has 0 radical (unpaired) electrons. The SMILES string of the molecule is NCc1ccn(C2CCCCO2)c1. The number of aromatic nitrogens is 1. The van der Waals surface area contributed by atoms with Gasteiger partial charge in [-0.1, -0.05) is 0 Å². The Balaban J connectivity index is 2.05. The summed E-state index contributed by atoms with van der Waals surface area (Å²) in [6.45, 7) is 1.50. The summed E-state index contributed by atoms with van der Waals surface area (Å²) in [5.74, 6) is 0. The van der Waals surface area contributed by atoms with E-state index >= 15 is 0 Å². The molecule has 13 heavy (non-hydrogen) atoms. The molecule has 1 aromatic heterocycles. The predicted molar refractivity (Wildman–Crippen MR) is 51.2 cm³/mol. The van der Waals surface area contributed by atoms with Crippen molar-refractivity contribution in [3.05, 3.63) is 24.0 Å². The molecule has 1 fully saturated rings. The molecule has 0 aliphatic carbocycles. The zero-order chi connectivity index (χ0) is 9.10. The van der Waals surface area contributed by atoms with E-state index < -0.39 is 0 Å². The largest absolute Gasteiger partial charge is 0.358 e. The lowest BCUT2D eigenvalue weighted by molar-refractivity contribution is -0.0317. The Kier molecular flexibility index (Phi) is 2.66. The third-order valence-electron chi connectivity index (χ3n) is 2.50. The molecule has 2 rings (SSSR count). The van der Waals surface area contributed by atoms with Gasteiger partial charge in [-0.3, -0.25) is 0 Å². The number of rotatable bonds is 2. The maximum absolute atomic E-state index is 5.64. The van der Waals surface area contributed by atoms with E-state index in [1.165, 1.54) is 18.4 Å². The Morgan fingerprint density at radius 2 is 2.46 bits per heavy atom. The second kappa shape index (κ2) is 3.94. The van der Waals surface area contributed by atoms with Crippen LogP contribution < -0.4 is 5.73 Å². The zero-order valence-electron chi connectivity index (χ0n) is 7.78. The number of nitrogens with two attached hydrogens (primary N) is 1. The Morgan fingerprint density at radius 3 is 3.08 bits per heavy atom. The summed E-state index contributed by atoms with van der Waals surface area (Å²) >= 11 is 0. The average molecular weight is 180 g/mol. The fourth-order valence-corrected chi connectivity index (χ4v) is 1.72. The molecule has 1 saturated heterocycles. The lowest BCUT2D eigenvalue weighted by Crippen LogP contribution is -2.16. The van der Waals surface area contributed by atoms with Crippen LogP contribution in [0, 0.1) is 0 Å². The molecule has 1 aliphatic heterocycles. The zero-order valence-corrected chi connectivity index (χ0v) is 7.78. The summed E-state index contributed by atoms with van der Waals surface area (Å²) in [5, 5.41) is 0. The van der Waals surface area contributed by atoms with Crippen molar-refractivity contribution in [2.24, 2.45) is 5.73 Å². The minimum Gasteiger partial charge on any atom is -0.358 e. The number of ether oxygens (including phenoxy) is 1. The Hall–Kier alpha value is -0.800. The van der Waals surface area contributed by atoms with E-state index in [4.69, 9.17) is 10.5 Å². The summed E-state index contributed by atoms with van der Waals surface area (Å²) in [4.78, 5) is 0. The van der Waals surface area contributed by atoms with Gasteiger partial charge in [-0.15, -0.1) is 0 Å². The summed E-state index contributed by atoms with van der Waals surface area (Å²) in [6.07, 6.45) is 7.96.